The number of piperidine rings is 1. The monoisotopic (exact) mass is 444 g/mol. The van der Waals surface area contributed by atoms with Crippen molar-refractivity contribution in [3.8, 4) is 0 Å². The molecule has 7 nitrogen and oxygen atoms in total. The highest BCUT2D eigenvalue weighted by Crippen LogP contribution is 2.34. The molecule has 2 N–H and O–H groups in total. The average molecular weight is 445 g/mol. The maximum Gasteiger partial charge on any atom is 0.253 e. The number of rotatable bonds is 6. The Balaban J connectivity index is 1.52. The summed E-state index contributed by atoms with van der Waals surface area (Å²) in [6.07, 6.45) is 5.51. The van der Waals surface area contributed by atoms with E-state index in [1.54, 1.807) is 12.4 Å². The summed E-state index contributed by atoms with van der Waals surface area (Å²) < 4.78 is 0. The van der Waals surface area contributed by atoms with Gasteiger partial charge in [0.25, 0.3) is 5.91 Å². The zero-order chi connectivity index (χ0) is 23.4. The number of nitrogens with zero attached hydrogens (tertiary/aromatic N) is 4. The molecule has 0 bridgehead atoms. The molecule has 3 aromatic rings. The van der Waals surface area contributed by atoms with Gasteiger partial charge in [0.05, 0.1) is 5.69 Å². The lowest BCUT2D eigenvalue weighted by atomic mass is 9.78. The summed E-state index contributed by atoms with van der Waals surface area (Å²) in [7, 11) is 1.86. The molecule has 1 amide bonds. The van der Waals surface area contributed by atoms with E-state index in [0.717, 1.165) is 53.5 Å². The van der Waals surface area contributed by atoms with E-state index in [1.807, 2.05) is 55.3 Å². The van der Waals surface area contributed by atoms with Crippen molar-refractivity contribution in [3.63, 3.8) is 0 Å². The number of carbonyl (C=O) groups is 1. The first kappa shape index (κ1) is 22.7. The molecule has 1 aliphatic rings. The first-order valence-corrected chi connectivity index (χ1v) is 11.4. The van der Waals surface area contributed by atoms with E-state index in [-0.39, 0.29) is 11.3 Å². The molecule has 0 radical (unpaired) electrons. The third kappa shape index (κ3) is 5.13. The molecule has 33 heavy (non-hydrogen) atoms. The lowest BCUT2D eigenvalue weighted by molar-refractivity contribution is 0.0647. The number of amides is 1. The number of hydrogen-bond donors (Lipinski definition) is 2. The molecule has 2 aromatic heterocycles. The Morgan fingerprint density at radius 1 is 1.12 bits per heavy atom. The Bertz CT molecular complexity index is 1130. The van der Waals surface area contributed by atoms with Crippen LogP contribution in [0, 0.1) is 13.8 Å². The molecule has 4 rings (SSSR count). The predicted molar refractivity (Wildman–Crippen MR) is 132 cm³/mol. The number of carbonyl (C=O) groups excluding carboxylic acids is 1. The average Bonchev–Trinajstić information content (AvgIpc) is 2.83. The van der Waals surface area contributed by atoms with E-state index in [4.69, 9.17) is 4.98 Å². The van der Waals surface area contributed by atoms with Gasteiger partial charge in [-0.05, 0) is 62.1 Å². The molecule has 0 spiro atoms. The molecular formula is C26H32N6O. The van der Waals surface area contributed by atoms with E-state index >= 15 is 0 Å². The van der Waals surface area contributed by atoms with Gasteiger partial charge in [-0.3, -0.25) is 9.78 Å². The Morgan fingerprint density at radius 2 is 1.91 bits per heavy atom. The van der Waals surface area contributed by atoms with Gasteiger partial charge in [0.2, 0.25) is 0 Å². The van der Waals surface area contributed by atoms with Crippen molar-refractivity contribution in [3.05, 3.63) is 77.0 Å². The largest absolute Gasteiger partial charge is 0.381 e. The summed E-state index contributed by atoms with van der Waals surface area (Å²) in [6.45, 7) is 8.24. The van der Waals surface area contributed by atoms with Gasteiger partial charge in [-0.15, -0.1) is 0 Å². The van der Waals surface area contributed by atoms with E-state index in [9.17, 15) is 4.79 Å². The molecule has 172 valence electrons. The summed E-state index contributed by atoms with van der Waals surface area (Å²) in [5, 5.41) is 6.58. The van der Waals surface area contributed by atoms with Crippen molar-refractivity contribution in [2.45, 2.75) is 45.6 Å². The molecule has 1 atom stereocenters. The van der Waals surface area contributed by atoms with Crippen LogP contribution in [0.3, 0.4) is 0 Å². The first-order chi connectivity index (χ1) is 15.9. The van der Waals surface area contributed by atoms with E-state index in [0.29, 0.717) is 18.7 Å². The molecule has 1 saturated heterocycles. The molecular weight excluding hydrogens is 412 g/mol. The first-order valence-electron chi connectivity index (χ1n) is 11.4. The second-order valence-corrected chi connectivity index (χ2v) is 9.07. The number of pyridine rings is 1. The summed E-state index contributed by atoms with van der Waals surface area (Å²) in [4.78, 5) is 28.7. The quantitative estimate of drug-likeness (QED) is 0.589. The Morgan fingerprint density at radius 3 is 2.67 bits per heavy atom. The van der Waals surface area contributed by atoms with E-state index in [1.165, 1.54) is 0 Å². The highest BCUT2D eigenvalue weighted by atomic mass is 16.2. The predicted octanol–water partition coefficient (Wildman–Crippen LogP) is 4.34. The van der Waals surface area contributed by atoms with Gasteiger partial charge in [0, 0.05) is 61.8 Å². The van der Waals surface area contributed by atoms with Crippen molar-refractivity contribution in [2.24, 2.45) is 0 Å². The topological polar surface area (TPSA) is 83.0 Å². The van der Waals surface area contributed by atoms with Crippen molar-refractivity contribution < 1.29 is 4.79 Å². The van der Waals surface area contributed by atoms with Crippen LogP contribution in [0.4, 0.5) is 11.5 Å². The SMILES string of the molecule is CNc1cc(C2(C)CCCN(C(=O)c3ccc(C)c(NCc4ccncc4)c3)C2)nc(C)n1. The molecule has 0 aliphatic carbocycles. The number of aryl methyl sites for hydroxylation is 2. The molecule has 1 aliphatic heterocycles. The van der Waals surface area contributed by atoms with Crippen LogP contribution in [0.1, 0.15) is 52.8 Å². The molecule has 0 saturated carbocycles. The smallest absolute Gasteiger partial charge is 0.253 e. The maximum atomic E-state index is 13.5. The van der Waals surface area contributed by atoms with Crippen molar-refractivity contribution in [1.82, 2.24) is 19.9 Å². The second-order valence-electron chi connectivity index (χ2n) is 9.07. The minimum atomic E-state index is -0.208. The van der Waals surface area contributed by atoms with E-state index in [2.05, 4.69) is 34.4 Å². The van der Waals surface area contributed by atoms with Crippen LogP contribution in [0.25, 0.3) is 0 Å². The van der Waals surface area contributed by atoms with Crippen LogP contribution in [0.15, 0.2) is 48.8 Å². The number of benzene rings is 1. The van der Waals surface area contributed by atoms with Crippen molar-refractivity contribution in [2.75, 3.05) is 30.8 Å². The lowest BCUT2D eigenvalue weighted by Gasteiger charge is -2.40. The lowest BCUT2D eigenvalue weighted by Crippen LogP contribution is -2.47. The number of anilines is 2. The molecule has 1 aromatic carbocycles. The summed E-state index contributed by atoms with van der Waals surface area (Å²) in [5.74, 6) is 1.61. The van der Waals surface area contributed by atoms with Crippen LogP contribution in [0.2, 0.25) is 0 Å². The molecule has 1 unspecified atom stereocenters. The van der Waals surface area contributed by atoms with Crippen LogP contribution < -0.4 is 10.6 Å². The molecule has 7 heteroatoms. The highest BCUT2D eigenvalue weighted by Gasteiger charge is 2.36. The van der Waals surface area contributed by atoms with E-state index < -0.39 is 0 Å². The number of aromatic nitrogens is 3. The molecule has 1 fully saturated rings. The standard InChI is InChI=1S/C26H32N6O/c1-18-6-7-21(14-22(18)29-16-20-8-11-28-12-9-20)25(33)32-13-5-10-26(3,17-32)23-15-24(27-4)31-19(2)30-23/h6-9,11-12,14-15,29H,5,10,13,16-17H2,1-4H3,(H,27,30,31). The van der Waals surface area contributed by atoms with Gasteiger partial charge >= 0.3 is 0 Å². The van der Waals surface area contributed by atoms with Crippen molar-refractivity contribution in [1.29, 1.82) is 0 Å². The van der Waals surface area contributed by atoms with Gasteiger partial charge in [-0.2, -0.15) is 0 Å². The Hall–Kier alpha value is -3.48. The van der Waals surface area contributed by atoms with Gasteiger partial charge in [0.1, 0.15) is 11.6 Å². The minimum absolute atomic E-state index is 0.0625. The normalized spacial score (nSPS) is 18.1. The summed E-state index contributed by atoms with van der Waals surface area (Å²) in [6, 6.07) is 11.9. The summed E-state index contributed by atoms with van der Waals surface area (Å²) in [5.41, 5.74) is 4.72. The van der Waals surface area contributed by atoms with Gasteiger partial charge in [-0.1, -0.05) is 13.0 Å². The Labute approximate surface area is 195 Å². The zero-order valence-electron chi connectivity index (χ0n) is 19.9. The number of likely N-dealkylation sites (tertiary alicyclic amines) is 1. The van der Waals surface area contributed by atoms with Gasteiger partial charge in [-0.25, -0.2) is 9.97 Å². The maximum absolute atomic E-state index is 13.5. The third-order valence-electron chi connectivity index (χ3n) is 6.41. The fourth-order valence-electron chi connectivity index (χ4n) is 4.45. The van der Waals surface area contributed by atoms with Crippen LogP contribution >= 0.6 is 0 Å². The van der Waals surface area contributed by atoms with Crippen LogP contribution in [-0.4, -0.2) is 45.9 Å². The highest BCUT2D eigenvalue weighted by molar-refractivity contribution is 5.95. The fourth-order valence-corrected chi connectivity index (χ4v) is 4.45. The van der Waals surface area contributed by atoms with Crippen molar-refractivity contribution >= 4 is 17.4 Å². The van der Waals surface area contributed by atoms with Crippen LogP contribution in [-0.2, 0) is 12.0 Å². The fraction of sp³-hybridized carbons (Fsp3) is 0.385. The van der Waals surface area contributed by atoms with Crippen LogP contribution in [0.5, 0.6) is 0 Å². The number of hydrogen-bond acceptors (Lipinski definition) is 6. The summed E-state index contributed by atoms with van der Waals surface area (Å²) >= 11 is 0. The number of nitrogens with one attached hydrogen (secondary N) is 2. The van der Waals surface area contributed by atoms with Gasteiger partial charge in [0.15, 0.2) is 0 Å². The Kier molecular flexibility index (Phi) is 6.58. The third-order valence-corrected chi connectivity index (χ3v) is 6.41. The zero-order valence-corrected chi connectivity index (χ0v) is 19.9. The molecule has 3 heterocycles. The second kappa shape index (κ2) is 9.57. The van der Waals surface area contributed by atoms with Gasteiger partial charge < -0.3 is 15.5 Å². The minimum Gasteiger partial charge on any atom is -0.381 e.